The fraction of sp³-hybridized carbons (Fsp3) is 0. The molecule has 0 aliphatic rings. The van der Waals surface area contributed by atoms with Gasteiger partial charge in [-0.1, -0.05) is 164 Å². The zero-order valence-corrected chi connectivity index (χ0v) is 33.2. The Morgan fingerprint density at radius 2 is 0.871 bits per heavy atom. The van der Waals surface area contributed by atoms with E-state index in [9.17, 15) is 1.37 Å². The van der Waals surface area contributed by atoms with Crippen molar-refractivity contribution in [2.24, 2.45) is 0 Å². The second-order valence-electron chi connectivity index (χ2n) is 15.3. The summed E-state index contributed by atoms with van der Waals surface area (Å²) in [6.07, 6.45) is 0. The largest absolute Gasteiger partial charge is 0.456 e. The highest BCUT2D eigenvalue weighted by molar-refractivity contribution is 6.14. The van der Waals surface area contributed by atoms with Crippen molar-refractivity contribution in [2.45, 2.75) is 0 Å². The van der Waals surface area contributed by atoms with E-state index in [0.29, 0.717) is 28.4 Å². The van der Waals surface area contributed by atoms with Crippen LogP contribution in [0.3, 0.4) is 0 Å². The van der Waals surface area contributed by atoms with Crippen LogP contribution in [0.15, 0.2) is 223 Å². The van der Waals surface area contributed by atoms with Crippen LogP contribution in [0.25, 0.3) is 117 Å². The first kappa shape index (κ1) is 31.5. The lowest BCUT2D eigenvalue weighted by Crippen LogP contribution is -2.01. The molecule has 9 aromatic carbocycles. The lowest BCUT2D eigenvalue weighted by molar-refractivity contribution is 0.669. The monoisotopic (exact) mass is 796 g/mol. The summed E-state index contributed by atoms with van der Waals surface area (Å²) in [6, 6.07) is 64.2. The molecule has 3 heterocycles. The molecule has 0 saturated carbocycles. The Morgan fingerprint density at radius 1 is 0.371 bits per heavy atom. The molecule has 0 aliphatic carbocycles. The highest BCUT2D eigenvalue weighted by Gasteiger charge is 2.19. The van der Waals surface area contributed by atoms with Crippen molar-refractivity contribution in [3.8, 4) is 73.2 Å². The van der Waals surface area contributed by atoms with Crippen molar-refractivity contribution in [1.29, 1.82) is 0 Å². The van der Waals surface area contributed by atoms with Gasteiger partial charge in [-0.25, -0.2) is 15.0 Å². The maximum Gasteiger partial charge on any atom is 0.164 e. The van der Waals surface area contributed by atoms with Gasteiger partial charge in [0.2, 0.25) is 0 Å². The van der Waals surface area contributed by atoms with Gasteiger partial charge >= 0.3 is 0 Å². The highest BCUT2D eigenvalue weighted by atomic mass is 16.3. The van der Waals surface area contributed by atoms with Crippen LogP contribution in [0.4, 0.5) is 0 Å². The van der Waals surface area contributed by atoms with E-state index in [1.54, 1.807) is 0 Å². The molecule has 0 spiro atoms. The smallest absolute Gasteiger partial charge is 0.164 e. The highest BCUT2D eigenvalue weighted by Crippen LogP contribution is 2.39. The Hall–Kier alpha value is -8.41. The number of aromatic nitrogens is 4. The number of benzene rings is 9. The van der Waals surface area contributed by atoms with Crippen molar-refractivity contribution in [3.05, 3.63) is 218 Å². The third-order valence-electron chi connectivity index (χ3n) is 11.6. The molecule has 5 heteroatoms. The Labute approximate surface area is 363 Å². The molecule has 5 nitrogen and oxygen atoms in total. The fourth-order valence-electron chi connectivity index (χ4n) is 8.56. The molecule has 0 fully saturated rings. The average molecular weight is 797 g/mol. The van der Waals surface area contributed by atoms with Crippen LogP contribution in [0.5, 0.6) is 0 Å². The van der Waals surface area contributed by atoms with E-state index in [-0.39, 0.29) is 24.2 Å². The predicted octanol–water partition coefficient (Wildman–Crippen LogP) is 14.9. The minimum atomic E-state index is -0.286. The van der Waals surface area contributed by atoms with Crippen molar-refractivity contribution >= 4 is 43.7 Å². The molecule has 0 amide bonds. The fourth-order valence-corrected chi connectivity index (χ4v) is 8.56. The zero-order valence-electron chi connectivity index (χ0n) is 37.2. The maximum absolute atomic E-state index is 9.24. The van der Waals surface area contributed by atoms with Crippen molar-refractivity contribution in [3.63, 3.8) is 0 Å². The number of hydrogen-bond acceptors (Lipinski definition) is 4. The van der Waals surface area contributed by atoms with Crippen LogP contribution in [-0.4, -0.2) is 19.5 Å². The molecule has 0 unspecified atom stereocenters. The van der Waals surface area contributed by atoms with Crippen LogP contribution in [-0.2, 0) is 0 Å². The first-order valence-electron chi connectivity index (χ1n) is 22.5. The van der Waals surface area contributed by atoms with Crippen LogP contribution < -0.4 is 0 Å². The zero-order chi connectivity index (χ0) is 44.5. The minimum Gasteiger partial charge on any atom is -0.456 e. The Balaban J connectivity index is 1.02. The topological polar surface area (TPSA) is 56.7 Å². The average Bonchev–Trinajstić information content (AvgIpc) is 3.94. The SMILES string of the molecule is [2H]c1c([2H])c([2H])c2c(c1[2H])c1cccc(-c3ccc(-c4ccccc4)cc3)c1n2-c1ccc(-c2nc(-c3ccc(-c4ccccc4)cc3)nc(-c3ccc4oc5ccccc5c4c3)n2)cc1. The molecule has 0 atom stereocenters. The van der Waals surface area contributed by atoms with E-state index < -0.39 is 0 Å². The Kier molecular flexibility index (Phi) is 7.47. The second-order valence-corrected chi connectivity index (χ2v) is 15.3. The summed E-state index contributed by atoms with van der Waals surface area (Å²) >= 11 is 0. The van der Waals surface area contributed by atoms with E-state index in [4.69, 9.17) is 23.5 Å². The van der Waals surface area contributed by atoms with Gasteiger partial charge in [-0.05, 0) is 82.4 Å². The van der Waals surface area contributed by atoms with E-state index in [1.165, 1.54) is 0 Å². The minimum absolute atomic E-state index is 0.0772. The van der Waals surface area contributed by atoms with Gasteiger partial charge in [0.05, 0.1) is 16.5 Å². The van der Waals surface area contributed by atoms with Gasteiger partial charge in [-0.2, -0.15) is 0 Å². The van der Waals surface area contributed by atoms with Gasteiger partial charge in [0, 0.05) is 49.5 Å². The molecule has 12 rings (SSSR count). The summed E-state index contributed by atoms with van der Waals surface area (Å²) in [5.74, 6) is 1.52. The quantitative estimate of drug-likeness (QED) is 0.161. The lowest BCUT2D eigenvalue weighted by Gasteiger charge is -2.13. The van der Waals surface area contributed by atoms with E-state index >= 15 is 0 Å². The Bertz CT molecular complexity index is 3830. The van der Waals surface area contributed by atoms with Crippen molar-refractivity contribution in [1.82, 2.24) is 19.5 Å². The van der Waals surface area contributed by atoms with E-state index in [2.05, 4.69) is 72.8 Å². The van der Waals surface area contributed by atoms with E-state index in [1.807, 2.05) is 126 Å². The van der Waals surface area contributed by atoms with Crippen LogP contribution >= 0.6 is 0 Å². The first-order chi connectivity index (χ1) is 32.4. The summed E-state index contributed by atoms with van der Waals surface area (Å²) in [6.45, 7) is 0. The molecule has 0 aliphatic heterocycles. The number of hydrogen-bond donors (Lipinski definition) is 0. The van der Waals surface area contributed by atoms with Crippen LogP contribution in [0.1, 0.15) is 5.48 Å². The normalized spacial score (nSPS) is 12.5. The number of fused-ring (bicyclic) bond motifs is 6. The summed E-state index contributed by atoms with van der Waals surface area (Å²) in [5.41, 5.74) is 12.2. The summed E-state index contributed by atoms with van der Waals surface area (Å²) in [4.78, 5) is 15.2. The van der Waals surface area contributed by atoms with Gasteiger partial charge in [0.1, 0.15) is 11.2 Å². The van der Waals surface area contributed by atoms with E-state index in [0.717, 1.165) is 88.6 Å². The molecule has 3 aromatic heterocycles. The number of furan rings is 1. The molecule has 12 aromatic rings. The lowest BCUT2D eigenvalue weighted by atomic mass is 9.98. The first-order valence-corrected chi connectivity index (χ1v) is 20.5. The number of rotatable bonds is 7. The number of nitrogens with zero attached hydrogens (tertiary/aromatic N) is 4. The standard InChI is InChI=1S/C57H36N4O/c1-3-12-37(13-4-1)39-22-26-41(27-23-39)46-18-11-19-49-47-16-7-9-20-51(47)61(54(46)49)45-33-30-43(31-34-45)56-58-55(42-28-24-40(25-29-42)38-14-5-2-6-15-38)59-57(60-56)44-32-35-53-50(36-44)48-17-8-10-21-52(48)62-53/h1-36H/i7D,9D,16D,20D. The number of para-hydroxylation sites is 3. The van der Waals surface area contributed by atoms with Crippen LogP contribution in [0.2, 0.25) is 0 Å². The molecule has 0 N–H and O–H groups in total. The third-order valence-corrected chi connectivity index (χ3v) is 11.6. The van der Waals surface area contributed by atoms with Gasteiger partial charge in [-0.15, -0.1) is 0 Å². The van der Waals surface area contributed by atoms with Gasteiger partial charge < -0.3 is 8.98 Å². The summed E-state index contributed by atoms with van der Waals surface area (Å²) in [5, 5.41) is 3.19. The molecule has 0 bridgehead atoms. The van der Waals surface area contributed by atoms with Crippen molar-refractivity contribution in [2.75, 3.05) is 0 Å². The van der Waals surface area contributed by atoms with Crippen molar-refractivity contribution < 1.29 is 9.90 Å². The van der Waals surface area contributed by atoms with Gasteiger partial charge in [-0.3, -0.25) is 0 Å². The molecular weight excluding hydrogens is 757 g/mol. The summed E-state index contributed by atoms with van der Waals surface area (Å²) < 4.78 is 43.9. The van der Waals surface area contributed by atoms with Gasteiger partial charge in [0.15, 0.2) is 17.5 Å². The Morgan fingerprint density at radius 3 is 1.55 bits per heavy atom. The molecule has 0 radical (unpaired) electrons. The third kappa shape index (κ3) is 6.14. The summed E-state index contributed by atoms with van der Waals surface area (Å²) in [7, 11) is 0. The molecular formula is C57H36N4O. The maximum atomic E-state index is 9.24. The van der Waals surface area contributed by atoms with Gasteiger partial charge in [0.25, 0.3) is 0 Å². The molecule has 290 valence electrons. The second kappa shape index (κ2) is 14.7. The van der Waals surface area contributed by atoms with Crippen LogP contribution in [0, 0.1) is 0 Å². The molecule has 0 saturated heterocycles. The molecule has 62 heavy (non-hydrogen) atoms. The predicted molar refractivity (Wildman–Crippen MR) is 254 cm³/mol.